The van der Waals surface area contributed by atoms with Gasteiger partial charge in [0.1, 0.15) is 18.0 Å². The molecule has 0 radical (unpaired) electrons. The van der Waals surface area contributed by atoms with Gasteiger partial charge in [-0.3, -0.25) is 14.4 Å². The van der Waals surface area contributed by atoms with Crippen molar-refractivity contribution in [2.24, 2.45) is 23.3 Å². The Morgan fingerprint density at radius 2 is 1.87 bits per heavy atom. The van der Waals surface area contributed by atoms with Gasteiger partial charge in [-0.05, 0) is 31.8 Å². The van der Waals surface area contributed by atoms with Gasteiger partial charge in [0.05, 0.1) is 17.5 Å². The number of Topliss-reactive ketones (excluding diaryl/α,β-unsaturated/α-hetero) is 1. The minimum absolute atomic E-state index is 0.120. The van der Waals surface area contributed by atoms with E-state index in [2.05, 4.69) is 5.32 Å². The molecule has 3 aliphatic rings. The van der Waals surface area contributed by atoms with E-state index in [1.54, 1.807) is 26.2 Å². The molecule has 206 valence electrons. The van der Waals surface area contributed by atoms with Crippen LogP contribution in [0.5, 0.6) is 0 Å². The average Bonchev–Trinajstić information content (AvgIpc) is 3.25. The van der Waals surface area contributed by atoms with Gasteiger partial charge < -0.3 is 35.7 Å². The van der Waals surface area contributed by atoms with Gasteiger partial charge in [0, 0.05) is 37.4 Å². The highest BCUT2D eigenvalue weighted by Crippen LogP contribution is 2.35. The van der Waals surface area contributed by atoms with Crippen molar-refractivity contribution in [1.82, 2.24) is 5.32 Å². The molecule has 38 heavy (non-hydrogen) atoms. The summed E-state index contributed by atoms with van der Waals surface area (Å²) in [7, 11) is 3.00. The first-order chi connectivity index (χ1) is 18.0. The zero-order chi connectivity index (χ0) is 28.1. The summed E-state index contributed by atoms with van der Waals surface area (Å²) in [5.41, 5.74) is 11.5. The summed E-state index contributed by atoms with van der Waals surface area (Å²) in [6.45, 7) is 5.39. The Labute approximate surface area is 221 Å². The Morgan fingerprint density at radius 1 is 1.16 bits per heavy atom. The van der Waals surface area contributed by atoms with E-state index >= 15 is 0 Å². The second-order valence-corrected chi connectivity index (χ2v) is 9.72. The monoisotopic (exact) mass is 529 g/mol. The van der Waals surface area contributed by atoms with Crippen LogP contribution < -0.4 is 16.8 Å². The quantitative estimate of drug-likeness (QED) is 0.461. The summed E-state index contributed by atoms with van der Waals surface area (Å²) >= 11 is 0. The van der Waals surface area contributed by atoms with Crippen LogP contribution >= 0.6 is 0 Å². The van der Waals surface area contributed by atoms with Crippen LogP contribution in [0.25, 0.3) is 0 Å². The minimum Gasteiger partial charge on any atom is -0.488 e. The summed E-state index contributed by atoms with van der Waals surface area (Å²) in [4.78, 5) is 50.2. The molecule has 0 aromatic carbocycles. The standard InChI is InChI=1S/C27H35N3O8/c1-13-9-16-22(28)18(31)12-17(23(16)32)30-26(33)14(2)7-6-8-19(35-4)25(38-27(29)34)21-11-15(3)24(37-21)20(10-13)36-5/h6-8,11-13,15,19-20,24-25H,9-10,28H2,1-5H3,(H2,29,34)(H,30,33)/b8-6-,14-7+/t13-,15+,19+,20+,24+,25-/m1/s1. The molecule has 2 amide bonds. The smallest absolute Gasteiger partial charge is 0.405 e. The highest BCUT2D eigenvalue weighted by molar-refractivity contribution is 6.23. The lowest BCUT2D eigenvalue weighted by Crippen LogP contribution is -2.38. The molecule has 11 heteroatoms. The van der Waals surface area contributed by atoms with Crippen molar-refractivity contribution >= 4 is 23.6 Å². The third kappa shape index (κ3) is 6.40. The molecule has 0 spiro atoms. The molecule has 2 aliphatic heterocycles. The van der Waals surface area contributed by atoms with Gasteiger partial charge in [0.15, 0.2) is 6.10 Å². The zero-order valence-corrected chi connectivity index (χ0v) is 22.2. The van der Waals surface area contributed by atoms with Gasteiger partial charge in [-0.1, -0.05) is 32.1 Å². The lowest BCUT2D eigenvalue weighted by Gasteiger charge is -2.30. The lowest BCUT2D eigenvalue weighted by molar-refractivity contribution is -0.120. The van der Waals surface area contributed by atoms with Gasteiger partial charge in [-0.25, -0.2) is 4.79 Å². The topological polar surface area (TPSA) is 169 Å². The molecule has 0 saturated carbocycles. The Balaban J connectivity index is 2.04. The average molecular weight is 530 g/mol. The molecular formula is C27H35N3O8. The van der Waals surface area contributed by atoms with Crippen molar-refractivity contribution in [3.05, 3.63) is 58.7 Å². The predicted molar refractivity (Wildman–Crippen MR) is 137 cm³/mol. The number of carbonyl (C=O) groups excluding carboxylic acids is 4. The highest BCUT2D eigenvalue weighted by atomic mass is 16.6. The number of ketones is 2. The van der Waals surface area contributed by atoms with Gasteiger partial charge in [0.2, 0.25) is 11.6 Å². The number of fused-ring (bicyclic) bond motifs is 4. The third-order valence-electron chi connectivity index (χ3n) is 6.81. The molecule has 0 aromatic rings. The molecule has 0 unspecified atom stereocenters. The van der Waals surface area contributed by atoms with Crippen molar-refractivity contribution < 1.29 is 38.1 Å². The zero-order valence-electron chi connectivity index (χ0n) is 22.2. The van der Waals surface area contributed by atoms with E-state index in [9.17, 15) is 19.2 Å². The number of hydrogen-bond donors (Lipinski definition) is 3. The van der Waals surface area contributed by atoms with Crippen LogP contribution in [-0.2, 0) is 33.3 Å². The van der Waals surface area contributed by atoms with Crippen LogP contribution in [-0.4, -0.2) is 62.2 Å². The maximum atomic E-state index is 13.2. The summed E-state index contributed by atoms with van der Waals surface area (Å²) in [5, 5.41) is 2.52. The number of nitrogens with one attached hydrogen (secondary N) is 1. The van der Waals surface area contributed by atoms with Gasteiger partial charge in [0.25, 0.3) is 5.91 Å². The highest BCUT2D eigenvalue weighted by Gasteiger charge is 2.40. The van der Waals surface area contributed by atoms with Gasteiger partial charge in [-0.2, -0.15) is 0 Å². The molecule has 2 heterocycles. The van der Waals surface area contributed by atoms with E-state index in [1.165, 1.54) is 13.2 Å². The fraction of sp³-hybridized carbons (Fsp3) is 0.481. The SMILES string of the molecule is CO[C@H]1/C=C\C=C(/C)C(=O)NC2=CC(=O)C(N)=C(C[C@@H](C)C[C@H](OC)[C@H]3OC(=C[C@@H]3C)[C@@H]1OC(N)=O)C2=O. The number of amides is 2. The summed E-state index contributed by atoms with van der Waals surface area (Å²) in [6, 6.07) is 0. The van der Waals surface area contributed by atoms with Crippen molar-refractivity contribution in [3.63, 3.8) is 0 Å². The molecular weight excluding hydrogens is 494 g/mol. The van der Waals surface area contributed by atoms with Crippen molar-refractivity contribution in [3.8, 4) is 0 Å². The number of carbonyl (C=O) groups is 4. The molecule has 0 saturated heterocycles. The fourth-order valence-corrected chi connectivity index (χ4v) is 4.75. The number of nitrogens with two attached hydrogens (primary N) is 2. The summed E-state index contributed by atoms with van der Waals surface area (Å²) < 4.78 is 22.9. The Hall–Kier alpha value is -3.70. The Kier molecular flexibility index (Phi) is 9.29. The predicted octanol–water partition coefficient (Wildman–Crippen LogP) is 1.70. The van der Waals surface area contributed by atoms with Crippen molar-refractivity contribution in [1.29, 1.82) is 0 Å². The number of allylic oxidation sites excluding steroid dienone is 4. The molecule has 11 nitrogen and oxygen atoms in total. The first kappa shape index (κ1) is 28.9. The maximum absolute atomic E-state index is 13.2. The van der Waals surface area contributed by atoms with E-state index in [1.807, 2.05) is 19.9 Å². The molecule has 0 fully saturated rings. The first-order valence-corrected chi connectivity index (χ1v) is 12.3. The van der Waals surface area contributed by atoms with E-state index in [-0.39, 0.29) is 40.8 Å². The van der Waals surface area contributed by atoms with E-state index in [0.717, 1.165) is 6.08 Å². The third-order valence-corrected chi connectivity index (χ3v) is 6.81. The van der Waals surface area contributed by atoms with Crippen LogP contribution in [0, 0.1) is 11.8 Å². The van der Waals surface area contributed by atoms with Crippen LogP contribution in [0.3, 0.4) is 0 Å². The van der Waals surface area contributed by atoms with Crippen LogP contribution in [0.2, 0.25) is 0 Å². The molecule has 5 N–H and O–H groups in total. The molecule has 6 atom stereocenters. The Morgan fingerprint density at radius 3 is 2.50 bits per heavy atom. The molecule has 1 aliphatic carbocycles. The second kappa shape index (κ2) is 12.2. The minimum atomic E-state index is -0.999. The van der Waals surface area contributed by atoms with Crippen LogP contribution in [0.1, 0.15) is 33.6 Å². The van der Waals surface area contributed by atoms with E-state index in [0.29, 0.717) is 12.2 Å². The number of methoxy groups -OCH3 is 2. The lowest BCUT2D eigenvalue weighted by atomic mass is 9.86. The summed E-state index contributed by atoms with van der Waals surface area (Å²) in [6.07, 6.45) is 4.55. The molecule has 4 bridgehead atoms. The number of rotatable bonds is 3. The molecule has 3 rings (SSSR count). The first-order valence-electron chi connectivity index (χ1n) is 12.3. The van der Waals surface area contributed by atoms with Gasteiger partial charge in [-0.15, -0.1) is 0 Å². The maximum Gasteiger partial charge on any atom is 0.405 e. The normalized spacial score (nSPS) is 33.1. The second-order valence-electron chi connectivity index (χ2n) is 9.72. The number of hydrogen-bond acceptors (Lipinski definition) is 9. The number of primary amides is 1. The Bertz CT molecular complexity index is 1150. The fourth-order valence-electron chi connectivity index (χ4n) is 4.75. The van der Waals surface area contributed by atoms with E-state index in [4.69, 9.17) is 30.4 Å². The number of ether oxygens (including phenoxy) is 4. The van der Waals surface area contributed by atoms with E-state index < -0.39 is 48.0 Å². The van der Waals surface area contributed by atoms with Gasteiger partial charge >= 0.3 is 6.09 Å². The van der Waals surface area contributed by atoms with Crippen LogP contribution in [0.15, 0.2) is 58.7 Å². The van der Waals surface area contributed by atoms with Crippen molar-refractivity contribution in [2.75, 3.05) is 14.2 Å². The summed E-state index contributed by atoms with van der Waals surface area (Å²) in [5.74, 6) is -1.51. The van der Waals surface area contributed by atoms with Crippen LogP contribution in [0.4, 0.5) is 4.79 Å². The van der Waals surface area contributed by atoms with Crippen molar-refractivity contribution in [2.45, 2.75) is 58.0 Å². The largest absolute Gasteiger partial charge is 0.488 e. The molecule has 0 aromatic heterocycles.